The van der Waals surface area contributed by atoms with Crippen molar-refractivity contribution in [1.29, 1.82) is 0 Å². The summed E-state index contributed by atoms with van der Waals surface area (Å²) >= 11 is 0. The van der Waals surface area contributed by atoms with Crippen molar-refractivity contribution in [3.05, 3.63) is 85.1 Å². The average molecular weight is 1450 g/mol. The number of rotatable bonds is 75. The largest absolute Gasteiger partial charge is 0.472 e. The number of aliphatic hydroxyl groups excluding tert-OH is 1. The first-order valence-corrected chi connectivity index (χ1v) is 42.8. The first-order valence-electron chi connectivity index (χ1n) is 39.8. The lowest BCUT2D eigenvalue weighted by atomic mass is 10.0. The summed E-state index contributed by atoms with van der Waals surface area (Å²) in [5.41, 5.74) is 0. The van der Waals surface area contributed by atoms with Crippen molar-refractivity contribution < 1.29 is 80.2 Å². The molecule has 5 unspecified atom stereocenters. The summed E-state index contributed by atoms with van der Waals surface area (Å²) in [5.74, 6) is -2.23. The van der Waals surface area contributed by atoms with Crippen LogP contribution in [0.1, 0.15) is 349 Å². The van der Waals surface area contributed by atoms with Crippen LogP contribution >= 0.6 is 15.6 Å². The summed E-state index contributed by atoms with van der Waals surface area (Å²) in [4.78, 5) is 72.9. The van der Waals surface area contributed by atoms with Crippen LogP contribution in [-0.4, -0.2) is 96.7 Å². The van der Waals surface area contributed by atoms with E-state index in [4.69, 9.17) is 37.0 Å². The molecule has 5 atom stereocenters. The maximum absolute atomic E-state index is 13.1. The molecule has 0 bridgehead atoms. The summed E-state index contributed by atoms with van der Waals surface area (Å²) in [7, 11) is -9.96. The van der Waals surface area contributed by atoms with E-state index < -0.39 is 97.5 Å². The van der Waals surface area contributed by atoms with E-state index in [0.29, 0.717) is 32.1 Å². The van der Waals surface area contributed by atoms with Crippen LogP contribution in [0.3, 0.4) is 0 Å². The predicted molar refractivity (Wildman–Crippen MR) is 409 cm³/mol. The molecule has 0 saturated carbocycles. The molecule has 19 heteroatoms. The van der Waals surface area contributed by atoms with Gasteiger partial charge in [-0.2, -0.15) is 0 Å². The number of carbonyl (C=O) groups is 4. The second-order valence-electron chi connectivity index (χ2n) is 26.6. The number of hydrogen-bond acceptors (Lipinski definition) is 15. The number of phosphoric acid groups is 2. The van der Waals surface area contributed by atoms with Crippen LogP contribution in [0.15, 0.2) is 85.1 Å². The monoisotopic (exact) mass is 1450 g/mol. The third-order valence-electron chi connectivity index (χ3n) is 16.9. The van der Waals surface area contributed by atoms with E-state index in [-0.39, 0.29) is 25.7 Å². The Hall–Kier alpha value is -3.76. The SMILES string of the molecule is CC/C=C\C/C=C\C/C=C\C/C=C\C/C=C\CCCC(=O)OCC(COP(=O)(O)OCC(O)COP(=O)(O)OCC(COC(=O)CCCCCCC/C=C\C/C=C\CCCCC)OC(=O)CCCCCCCCCCCCCCC)OC(=O)CCCCCCCCCCCCCCCCC. The molecule has 0 rings (SSSR count). The normalized spacial score (nSPS) is 14.3. The van der Waals surface area contributed by atoms with Gasteiger partial charge in [0.1, 0.15) is 19.3 Å². The third-order valence-corrected chi connectivity index (χ3v) is 18.8. The maximum atomic E-state index is 13.1. The standard InChI is InChI=1S/C81H144O17P2/c1-5-9-13-17-21-25-29-33-36-37-40-43-46-50-54-58-62-66-79(84)92-72-77(98-81(86)68-64-60-56-52-48-44-39-35-31-27-23-19-15-11-7-3)74-96-100(89,90)94-70-75(82)69-93-99(87,88)95-73-76(97-80(85)67-63-59-55-51-47-41-32-28-24-20-16-12-8-4)71-91-78(83)65-61-57-53-49-45-42-38-34-30-26-22-18-14-10-6-2/h9,13,21-22,25-26,33-34,36,38,40,43,50,54,75-77,82H,5-8,10-12,14-20,23-24,27-32,35,37,39,41-42,44-49,51-53,55-74H2,1-4H3,(H,87,88)(H,89,90)/b13-9-,25-21-,26-22-,36-33-,38-34-,43-40-,54-50-. The molecule has 0 amide bonds. The van der Waals surface area contributed by atoms with Gasteiger partial charge in [-0.15, -0.1) is 0 Å². The van der Waals surface area contributed by atoms with Gasteiger partial charge in [-0.3, -0.25) is 37.3 Å². The molecular formula is C81H144O17P2. The van der Waals surface area contributed by atoms with Crippen molar-refractivity contribution in [2.75, 3.05) is 39.6 Å². The molecular weight excluding hydrogens is 1310 g/mol. The second-order valence-corrected chi connectivity index (χ2v) is 29.5. The summed E-state index contributed by atoms with van der Waals surface area (Å²) in [5, 5.41) is 10.6. The minimum atomic E-state index is -4.98. The van der Waals surface area contributed by atoms with Crippen LogP contribution in [-0.2, 0) is 65.4 Å². The lowest BCUT2D eigenvalue weighted by molar-refractivity contribution is -0.161. The first kappa shape index (κ1) is 96.2. The highest BCUT2D eigenvalue weighted by Crippen LogP contribution is 2.45. The van der Waals surface area contributed by atoms with Gasteiger partial charge in [0.25, 0.3) is 0 Å². The van der Waals surface area contributed by atoms with E-state index in [9.17, 15) is 43.2 Å². The third kappa shape index (κ3) is 72.6. The number of hydrogen-bond donors (Lipinski definition) is 3. The van der Waals surface area contributed by atoms with Gasteiger partial charge in [-0.1, -0.05) is 312 Å². The van der Waals surface area contributed by atoms with Crippen molar-refractivity contribution >= 4 is 39.5 Å². The fourth-order valence-electron chi connectivity index (χ4n) is 10.8. The minimum absolute atomic E-state index is 0.0860. The van der Waals surface area contributed by atoms with Crippen molar-refractivity contribution in [3.8, 4) is 0 Å². The van der Waals surface area contributed by atoms with Gasteiger partial charge in [-0.25, -0.2) is 9.13 Å². The van der Waals surface area contributed by atoms with Gasteiger partial charge in [0.2, 0.25) is 0 Å². The maximum Gasteiger partial charge on any atom is 0.472 e. The Morgan fingerprint density at radius 1 is 0.290 bits per heavy atom. The Bertz CT molecular complexity index is 2230. The van der Waals surface area contributed by atoms with Crippen molar-refractivity contribution in [2.45, 2.75) is 367 Å². The van der Waals surface area contributed by atoms with E-state index >= 15 is 0 Å². The first-order chi connectivity index (χ1) is 48.7. The number of ether oxygens (including phenoxy) is 4. The fourth-order valence-corrected chi connectivity index (χ4v) is 12.4. The molecule has 580 valence electrons. The van der Waals surface area contributed by atoms with Gasteiger partial charge in [0.15, 0.2) is 12.2 Å². The molecule has 0 heterocycles. The number of aliphatic hydroxyl groups is 1. The van der Waals surface area contributed by atoms with Gasteiger partial charge in [-0.05, 0) is 96.3 Å². The zero-order valence-electron chi connectivity index (χ0n) is 63.4. The van der Waals surface area contributed by atoms with Crippen LogP contribution in [0.5, 0.6) is 0 Å². The molecule has 100 heavy (non-hydrogen) atoms. The van der Waals surface area contributed by atoms with E-state index in [1.807, 2.05) is 12.2 Å². The highest BCUT2D eigenvalue weighted by molar-refractivity contribution is 7.47. The van der Waals surface area contributed by atoms with E-state index in [2.05, 4.69) is 101 Å². The topological polar surface area (TPSA) is 237 Å². The number of phosphoric ester groups is 2. The van der Waals surface area contributed by atoms with Crippen molar-refractivity contribution in [2.24, 2.45) is 0 Å². The molecule has 0 aliphatic carbocycles. The zero-order valence-corrected chi connectivity index (χ0v) is 65.2. The lowest BCUT2D eigenvalue weighted by Crippen LogP contribution is -2.30. The second kappa shape index (κ2) is 73.5. The fraction of sp³-hybridized carbons (Fsp3) is 0.778. The average Bonchev–Trinajstić information content (AvgIpc) is 1.06. The molecule has 0 aliphatic rings. The predicted octanol–water partition coefficient (Wildman–Crippen LogP) is 23.0. The number of esters is 4. The number of carbonyl (C=O) groups excluding carboxylic acids is 4. The van der Waals surface area contributed by atoms with Gasteiger partial charge >= 0.3 is 39.5 Å². The Labute approximate surface area is 608 Å². The molecule has 17 nitrogen and oxygen atoms in total. The lowest BCUT2D eigenvalue weighted by Gasteiger charge is -2.21. The molecule has 0 spiro atoms. The Morgan fingerprint density at radius 2 is 0.530 bits per heavy atom. The van der Waals surface area contributed by atoms with Crippen LogP contribution in [0, 0.1) is 0 Å². The molecule has 0 radical (unpaired) electrons. The Morgan fingerprint density at radius 3 is 0.860 bits per heavy atom. The van der Waals surface area contributed by atoms with Crippen LogP contribution in [0.25, 0.3) is 0 Å². The van der Waals surface area contributed by atoms with Crippen LogP contribution in [0.4, 0.5) is 0 Å². The zero-order chi connectivity index (χ0) is 73.2. The highest BCUT2D eigenvalue weighted by atomic mass is 31.2. The molecule has 0 fully saturated rings. The Balaban J connectivity index is 5.38. The molecule has 0 aromatic carbocycles. The highest BCUT2D eigenvalue weighted by Gasteiger charge is 2.30. The van der Waals surface area contributed by atoms with E-state index in [1.54, 1.807) is 0 Å². The van der Waals surface area contributed by atoms with E-state index in [1.165, 1.54) is 135 Å². The summed E-state index contributed by atoms with van der Waals surface area (Å²) in [6.45, 7) is 4.71. The molecule has 3 N–H and O–H groups in total. The minimum Gasteiger partial charge on any atom is -0.462 e. The van der Waals surface area contributed by atoms with Crippen molar-refractivity contribution in [1.82, 2.24) is 0 Å². The summed E-state index contributed by atoms with van der Waals surface area (Å²) in [6.07, 6.45) is 75.7. The van der Waals surface area contributed by atoms with Gasteiger partial charge in [0, 0.05) is 25.7 Å². The van der Waals surface area contributed by atoms with Gasteiger partial charge < -0.3 is 33.8 Å². The quantitative estimate of drug-likeness (QED) is 0.0169. The smallest absolute Gasteiger partial charge is 0.462 e. The molecule has 0 aliphatic heterocycles. The van der Waals surface area contributed by atoms with Crippen LogP contribution in [0.2, 0.25) is 0 Å². The summed E-state index contributed by atoms with van der Waals surface area (Å²) < 4.78 is 68.5. The van der Waals surface area contributed by atoms with Crippen molar-refractivity contribution in [3.63, 3.8) is 0 Å². The molecule has 0 aromatic heterocycles. The molecule has 0 saturated heterocycles. The van der Waals surface area contributed by atoms with Crippen LogP contribution < -0.4 is 0 Å². The Kier molecular flexibility index (Phi) is 70.8. The number of allylic oxidation sites excluding steroid dienone is 14. The summed E-state index contributed by atoms with van der Waals surface area (Å²) in [6, 6.07) is 0. The van der Waals surface area contributed by atoms with E-state index in [0.717, 1.165) is 128 Å². The number of unbranched alkanes of at least 4 members (excludes halogenated alkanes) is 35. The van der Waals surface area contributed by atoms with Gasteiger partial charge in [0.05, 0.1) is 26.4 Å². The molecule has 0 aromatic rings.